The highest BCUT2D eigenvalue weighted by Gasteiger charge is 2.45. The molecule has 1 N–H and O–H groups in total. The fourth-order valence-corrected chi connectivity index (χ4v) is 1.90. The topological polar surface area (TPSA) is 75.7 Å². The van der Waals surface area contributed by atoms with Gasteiger partial charge in [-0.3, -0.25) is 10.1 Å². The van der Waals surface area contributed by atoms with Crippen molar-refractivity contribution in [1.82, 2.24) is 10.2 Å². The molecule has 2 rings (SSSR count). The Morgan fingerprint density at radius 3 is 2.35 bits per heavy atom. The third kappa shape index (κ3) is 2.79. The molecule has 1 unspecified atom stereocenters. The lowest BCUT2D eigenvalue weighted by Crippen LogP contribution is -2.40. The van der Waals surface area contributed by atoms with Crippen LogP contribution in [-0.4, -0.2) is 28.5 Å². The lowest BCUT2D eigenvalue weighted by atomic mass is 10.1. The number of nitrogens with one attached hydrogen (secondary N) is 1. The maximum Gasteiger partial charge on any atom is 0.419 e. The first-order valence-electron chi connectivity index (χ1n) is 6.21. The number of hydrogen-bond donors (Lipinski definition) is 1. The summed E-state index contributed by atoms with van der Waals surface area (Å²) < 4.78 is 5.17. The summed E-state index contributed by atoms with van der Waals surface area (Å²) in [4.78, 5) is 36.6. The standard InChI is InChI=1S/C14H16N2O4/c1-14(2,3)20-13(19)16-10(11(17)15-12(16)18)9-7-5-4-6-8-9/h4-8,10H,1-3H3,(H,15,17,18). The molecule has 20 heavy (non-hydrogen) atoms. The molecule has 1 atom stereocenters. The van der Waals surface area contributed by atoms with Gasteiger partial charge in [0.15, 0.2) is 0 Å². The number of amides is 4. The molecular weight excluding hydrogens is 260 g/mol. The van der Waals surface area contributed by atoms with Crippen molar-refractivity contribution in [3.63, 3.8) is 0 Å². The minimum atomic E-state index is -0.987. The van der Waals surface area contributed by atoms with E-state index < -0.39 is 29.7 Å². The monoisotopic (exact) mass is 276 g/mol. The molecule has 1 aromatic rings. The molecule has 0 aromatic heterocycles. The number of carbonyl (C=O) groups is 3. The number of benzene rings is 1. The van der Waals surface area contributed by atoms with Gasteiger partial charge in [-0.1, -0.05) is 30.3 Å². The van der Waals surface area contributed by atoms with Crippen LogP contribution in [0.5, 0.6) is 0 Å². The second kappa shape index (κ2) is 4.96. The fourth-order valence-electron chi connectivity index (χ4n) is 1.90. The van der Waals surface area contributed by atoms with Crippen molar-refractivity contribution in [2.24, 2.45) is 0 Å². The summed E-state index contributed by atoms with van der Waals surface area (Å²) in [6.45, 7) is 5.08. The van der Waals surface area contributed by atoms with E-state index in [1.54, 1.807) is 51.1 Å². The van der Waals surface area contributed by atoms with Crippen LogP contribution in [-0.2, 0) is 9.53 Å². The van der Waals surface area contributed by atoms with E-state index >= 15 is 0 Å². The molecule has 6 nitrogen and oxygen atoms in total. The van der Waals surface area contributed by atoms with E-state index in [2.05, 4.69) is 5.32 Å². The number of ether oxygens (including phenoxy) is 1. The van der Waals surface area contributed by atoms with Crippen molar-refractivity contribution in [2.45, 2.75) is 32.4 Å². The van der Waals surface area contributed by atoms with E-state index in [-0.39, 0.29) is 0 Å². The first-order chi connectivity index (χ1) is 9.29. The van der Waals surface area contributed by atoms with Gasteiger partial charge in [0.05, 0.1) is 0 Å². The molecular formula is C14H16N2O4. The molecule has 0 saturated carbocycles. The number of carbonyl (C=O) groups excluding carboxylic acids is 3. The summed E-state index contributed by atoms with van der Waals surface area (Å²) in [7, 11) is 0. The van der Waals surface area contributed by atoms with Crippen molar-refractivity contribution < 1.29 is 19.1 Å². The average molecular weight is 276 g/mol. The van der Waals surface area contributed by atoms with Crippen LogP contribution in [0.25, 0.3) is 0 Å². The van der Waals surface area contributed by atoms with E-state index in [0.29, 0.717) is 5.56 Å². The lowest BCUT2D eigenvalue weighted by Gasteiger charge is -2.25. The molecule has 1 fully saturated rings. The minimum absolute atomic E-state index is 0.535. The van der Waals surface area contributed by atoms with Gasteiger partial charge < -0.3 is 4.74 Å². The van der Waals surface area contributed by atoms with Crippen LogP contribution >= 0.6 is 0 Å². The SMILES string of the molecule is CC(C)(C)OC(=O)N1C(=O)NC(=O)C1c1ccccc1. The van der Waals surface area contributed by atoms with Crippen molar-refractivity contribution in [2.75, 3.05) is 0 Å². The van der Waals surface area contributed by atoms with Crippen LogP contribution in [0.4, 0.5) is 9.59 Å². The number of urea groups is 1. The first kappa shape index (κ1) is 14.0. The Kier molecular flexibility index (Phi) is 3.48. The lowest BCUT2D eigenvalue weighted by molar-refractivity contribution is -0.121. The number of hydrogen-bond acceptors (Lipinski definition) is 4. The molecule has 0 radical (unpaired) electrons. The number of nitrogens with zero attached hydrogens (tertiary/aromatic N) is 1. The molecule has 1 aromatic carbocycles. The predicted octanol–water partition coefficient (Wildman–Crippen LogP) is 2.21. The smallest absolute Gasteiger partial charge is 0.419 e. The third-order valence-corrected chi connectivity index (χ3v) is 2.66. The zero-order valence-electron chi connectivity index (χ0n) is 11.5. The maximum absolute atomic E-state index is 12.1. The van der Waals surface area contributed by atoms with Crippen LogP contribution in [0.1, 0.15) is 32.4 Å². The second-order valence-electron chi connectivity index (χ2n) is 5.46. The summed E-state index contributed by atoms with van der Waals surface area (Å²) in [5.74, 6) is -0.535. The first-order valence-corrected chi connectivity index (χ1v) is 6.21. The molecule has 0 aliphatic carbocycles. The van der Waals surface area contributed by atoms with Gasteiger partial charge in [0, 0.05) is 0 Å². The van der Waals surface area contributed by atoms with Gasteiger partial charge in [0.25, 0.3) is 5.91 Å². The quantitative estimate of drug-likeness (QED) is 0.798. The highest BCUT2D eigenvalue weighted by Crippen LogP contribution is 2.27. The fraction of sp³-hybridized carbons (Fsp3) is 0.357. The highest BCUT2D eigenvalue weighted by molar-refractivity contribution is 6.10. The Hall–Kier alpha value is -2.37. The zero-order valence-corrected chi connectivity index (χ0v) is 11.5. The Morgan fingerprint density at radius 1 is 1.20 bits per heavy atom. The Balaban J connectivity index is 2.31. The molecule has 0 bridgehead atoms. The maximum atomic E-state index is 12.1. The summed E-state index contributed by atoms with van der Waals surface area (Å²) in [5.41, 5.74) is -0.189. The largest absolute Gasteiger partial charge is 0.443 e. The summed E-state index contributed by atoms with van der Waals surface area (Å²) in [6, 6.07) is 6.87. The van der Waals surface area contributed by atoms with Gasteiger partial charge >= 0.3 is 12.1 Å². The molecule has 106 valence electrons. The molecule has 6 heteroatoms. The van der Waals surface area contributed by atoms with Crippen molar-refractivity contribution >= 4 is 18.0 Å². The zero-order chi connectivity index (χ0) is 14.9. The van der Waals surface area contributed by atoms with Gasteiger partial charge in [-0.2, -0.15) is 0 Å². The van der Waals surface area contributed by atoms with Crippen LogP contribution in [0.2, 0.25) is 0 Å². The molecule has 0 spiro atoms. The summed E-state index contributed by atoms with van der Waals surface area (Å²) in [5, 5.41) is 2.13. The number of rotatable bonds is 1. The molecule has 1 aliphatic heterocycles. The van der Waals surface area contributed by atoms with E-state index in [1.807, 2.05) is 0 Å². The van der Waals surface area contributed by atoms with Gasteiger partial charge in [-0.15, -0.1) is 0 Å². The van der Waals surface area contributed by atoms with Crippen LogP contribution < -0.4 is 5.32 Å². The van der Waals surface area contributed by atoms with E-state index in [1.165, 1.54) is 0 Å². The Labute approximate surface area is 116 Å². The molecule has 1 aliphatic rings. The Bertz CT molecular complexity index is 548. The average Bonchev–Trinajstić information content (AvgIpc) is 2.63. The highest BCUT2D eigenvalue weighted by atomic mass is 16.6. The van der Waals surface area contributed by atoms with Gasteiger partial charge in [0.1, 0.15) is 11.6 Å². The summed E-state index contributed by atoms with van der Waals surface area (Å²) in [6.07, 6.45) is -0.838. The summed E-state index contributed by atoms with van der Waals surface area (Å²) >= 11 is 0. The molecule has 1 saturated heterocycles. The van der Waals surface area contributed by atoms with Crippen LogP contribution in [0.15, 0.2) is 30.3 Å². The molecule has 1 heterocycles. The Morgan fingerprint density at radius 2 is 1.80 bits per heavy atom. The second-order valence-corrected chi connectivity index (χ2v) is 5.46. The van der Waals surface area contributed by atoms with Gasteiger partial charge in [-0.25, -0.2) is 14.5 Å². The third-order valence-electron chi connectivity index (χ3n) is 2.66. The van der Waals surface area contributed by atoms with Gasteiger partial charge in [-0.05, 0) is 26.3 Å². The van der Waals surface area contributed by atoms with Crippen LogP contribution in [0, 0.1) is 0 Å². The normalized spacial score (nSPS) is 18.9. The van der Waals surface area contributed by atoms with Crippen molar-refractivity contribution in [3.8, 4) is 0 Å². The minimum Gasteiger partial charge on any atom is -0.443 e. The van der Waals surface area contributed by atoms with Crippen molar-refractivity contribution in [1.29, 1.82) is 0 Å². The van der Waals surface area contributed by atoms with Crippen molar-refractivity contribution in [3.05, 3.63) is 35.9 Å². The predicted molar refractivity (Wildman–Crippen MR) is 70.8 cm³/mol. The molecule has 4 amide bonds. The number of imide groups is 2. The van der Waals surface area contributed by atoms with Crippen LogP contribution in [0.3, 0.4) is 0 Å². The van der Waals surface area contributed by atoms with E-state index in [4.69, 9.17) is 4.74 Å². The van der Waals surface area contributed by atoms with E-state index in [9.17, 15) is 14.4 Å². The van der Waals surface area contributed by atoms with Gasteiger partial charge in [0.2, 0.25) is 0 Å². The van der Waals surface area contributed by atoms with E-state index in [0.717, 1.165) is 4.90 Å².